The van der Waals surface area contributed by atoms with Crippen LogP contribution in [0.5, 0.6) is 0 Å². The summed E-state index contributed by atoms with van der Waals surface area (Å²) in [4.78, 5) is 23.6. The first-order valence-corrected chi connectivity index (χ1v) is 6.67. The highest BCUT2D eigenvalue weighted by molar-refractivity contribution is 5.92. The van der Waals surface area contributed by atoms with Crippen LogP contribution in [0.25, 0.3) is 10.8 Å². The Kier molecular flexibility index (Phi) is 4.04. The third-order valence-electron chi connectivity index (χ3n) is 3.32. The molecule has 0 bridgehead atoms. The molecular weight excluding hydrogens is 242 g/mol. The number of benzene rings is 1. The molecule has 0 aliphatic rings. The SMILES string of the molecule is CCCC(CC)Nc1cccc2c(=O)[nH][nH]c(=O)c12. The van der Waals surface area contributed by atoms with Crippen LogP contribution in [-0.2, 0) is 0 Å². The highest BCUT2D eigenvalue weighted by atomic mass is 16.1. The van der Waals surface area contributed by atoms with E-state index < -0.39 is 0 Å². The van der Waals surface area contributed by atoms with E-state index >= 15 is 0 Å². The van der Waals surface area contributed by atoms with Crippen molar-refractivity contribution < 1.29 is 0 Å². The lowest BCUT2D eigenvalue weighted by atomic mass is 10.1. The summed E-state index contributed by atoms with van der Waals surface area (Å²) in [5.74, 6) is 0. The monoisotopic (exact) mass is 261 g/mol. The molecule has 1 heterocycles. The molecule has 0 saturated carbocycles. The third-order valence-corrected chi connectivity index (χ3v) is 3.32. The van der Waals surface area contributed by atoms with Crippen molar-refractivity contribution in [1.29, 1.82) is 0 Å². The number of aromatic nitrogens is 2. The molecule has 2 aromatic rings. The minimum absolute atomic E-state index is 0.274. The zero-order valence-electron chi connectivity index (χ0n) is 11.2. The number of anilines is 1. The number of fused-ring (bicyclic) bond motifs is 1. The molecule has 1 atom stereocenters. The maximum Gasteiger partial charge on any atom is 0.272 e. The summed E-state index contributed by atoms with van der Waals surface area (Å²) < 4.78 is 0. The first-order valence-electron chi connectivity index (χ1n) is 6.67. The van der Waals surface area contributed by atoms with Crippen molar-refractivity contribution in [1.82, 2.24) is 10.2 Å². The van der Waals surface area contributed by atoms with Crippen LogP contribution < -0.4 is 16.4 Å². The zero-order chi connectivity index (χ0) is 13.8. The van der Waals surface area contributed by atoms with Gasteiger partial charge in [-0.1, -0.05) is 26.3 Å². The smallest absolute Gasteiger partial charge is 0.272 e. The van der Waals surface area contributed by atoms with Gasteiger partial charge in [-0.25, -0.2) is 0 Å². The van der Waals surface area contributed by atoms with Gasteiger partial charge in [0, 0.05) is 11.7 Å². The van der Waals surface area contributed by atoms with Crippen LogP contribution in [0.2, 0.25) is 0 Å². The molecule has 5 nitrogen and oxygen atoms in total. The van der Waals surface area contributed by atoms with Crippen LogP contribution in [-0.4, -0.2) is 16.2 Å². The van der Waals surface area contributed by atoms with E-state index in [4.69, 9.17) is 0 Å². The summed E-state index contributed by atoms with van der Waals surface area (Å²) in [6.07, 6.45) is 3.09. The summed E-state index contributed by atoms with van der Waals surface area (Å²) in [7, 11) is 0. The zero-order valence-corrected chi connectivity index (χ0v) is 11.2. The molecule has 1 aromatic carbocycles. The highest BCUT2D eigenvalue weighted by Crippen LogP contribution is 2.19. The molecule has 0 amide bonds. The van der Waals surface area contributed by atoms with Gasteiger partial charge in [0.15, 0.2) is 0 Å². The molecule has 3 N–H and O–H groups in total. The number of H-pyrrole nitrogens is 2. The molecule has 19 heavy (non-hydrogen) atoms. The van der Waals surface area contributed by atoms with Gasteiger partial charge < -0.3 is 5.32 Å². The van der Waals surface area contributed by atoms with Crippen LogP contribution in [0.1, 0.15) is 33.1 Å². The largest absolute Gasteiger partial charge is 0.382 e. The van der Waals surface area contributed by atoms with E-state index in [1.807, 2.05) is 6.07 Å². The first-order chi connectivity index (χ1) is 9.17. The van der Waals surface area contributed by atoms with Gasteiger partial charge in [-0.15, -0.1) is 0 Å². The van der Waals surface area contributed by atoms with Crippen molar-refractivity contribution >= 4 is 16.5 Å². The van der Waals surface area contributed by atoms with Crippen molar-refractivity contribution in [2.45, 2.75) is 39.2 Å². The second kappa shape index (κ2) is 5.73. The van der Waals surface area contributed by atoms with E-state index in [1.54, 1.807) is 12.1 Å². The molecule has 0 spiro atoms. The average Bonchev–Trinajstić information content (AvgIpc) is 2.42. The van der Waals surface area contributed by atoms with Gasteiger partial charge in [-0.05, 0) is 25.0 Å². The van der Waals surface area contributed by atoms with Crippen molar-refractivity contribution in [3.05, 3.63) is 38.9 Å². The number of hydrogen-bond acceptors (Lipinski definition) is 3. The number of rotatable bonds is 5. The summed E-state index contributed by atoms with van der Waals surface area (Å²) in [6.45, 7) is 4.24. The summed E-state index contributed by atoms with van der Waals surface area (Å²) in [5.41, 5.74) is 0.177. The molecule has 0 saturated heterocycles. The van der Waals surface area contributed by atoms with E-state index in [-0.39, 0.29) is 11.1 Å². The maximum atomic E-state index is 11.9. The Bertz CT molecular complexity index is 672. The van der Waals surface area contributed by atoms with Crippen LogP contribution in [0.3, 0.4) is 0 Å². The highest BCUT2D eigenvalue weighted by Gasteiger charge is 2.11. The Hall–Kier alpha value is -2.04. The molecule has 1 aromatic heterocycles. The summed E-state index contributed by atoms with van der Waals surface area (Å²) in [6, 6.07) is 5.61. The van der Waals surface area contributed by atoms with Crippen LogP contribution in [0, 0.1) is 0 Å². The van der Waals surface area contributed by atoms with E-state index in [0.717, 1.165) is 24.9 Å². The number of hydrogen-bond donors (Lipinski definition) is 3. The fourth-order valence-electron chi connectivity index (χ4n) is 2.30. The number of aromatic amines is 2. The van der Waals surface area contributed by atoms with Crippen LogP contribution in [0.4, 0.5) is 5.69 Å². The minimum atomic E-state index is -0.276. The second-order valence-electron chi connectivity index (χ2n) is 4.67. The molecule has 102 valence electrons. The lowest BCUT2D eigenvalue weighted by molar-refractivity contribution is 0.623. The van der Waals surface area contributed by atoms with Gasteiger partial charge in [0.25, 0.3) is 11.1 Å². The Labute approximate surface area is 111 Å². The Morgan fingerprint density at radius 3 is 2.58 bits per heavy atom. The van der Waals surface area contributed by atoms with Crippen molar-refractivity contribution in [2.24, 2.45) is 0 Å². The van der Waals surface area contributed by atoms with Gasteiger partial charge in [-0.3, -0.25) is 19.8 Å². The molecule has 0 fully saturated rings. The topological polar surface area (TPSA) is 77.8 Å². The lowest BCUT2D eigenvalue weighted by Gasteiger charge is -2.18. The van der Waals surface area contributed by atoms with Gasteiger partial charge in [0.1, 0.15) is 0 Å². The first kappa shape index (κ1) is 13.4. The molecule has 0 radical (unpaired) electrons. The molecule has 0 aliphatic heterocycles. The van der Waals surface area contributed by atoms with E-state index in [0.29, 0.717) is 16.8 Å². The average molecular weight is 261 g/mol. The fraction of sp³-hybridized carbons (Fsp3) is 0.429. The third kappa shape index (κ3) is 2.70. The lowest BCUT2D eigenvalue weighted by Crippen LogP contribution is -2.23. The molecule has 1 unspecified atom stereocenters. The quantitative estimate of drug-likeness (QED) is 0.772. The molecule has 0 aliphatic carbocycles. The van der Waals surface area contributed by atoms with Gasteiger partial charge in [0.2, 0.25) is 0 Å². The van der Waals surface area contributed by atoms with Crippen LogP contribution in [0.15, 0.2) is 27.8 Å². The molecular formula is C14H19N3O2. The standard InChI is InChI=1S/C14H19N3O2/c1-3-6-9(4-2)15-11-8-5-7-10-12(11)14(19)17-16-13(10)18/h5,7-9,15H,3-4,6H2,1-2H3,(H,16,18)(H,17,19). The summed E-state index contributed by atoms with van der Waals surface area (Å²) >= 11 is 0. The normalized spacial score (nSPS) is 12.5. The van der Waals surface area contributed by atoms with Gasteiger partial charge in [0.05, 0.1) is 10.8 Å². The molecule has 2 rings (SSSR count). The van der Waals surface area contributed by atoms with Gasteiger partial charge >= 0.3 is 0 Å². The number of nitrogens with one attached hydrogen (secondary N) is 3. The maximum absolute atomic E-state index is 11.9. The van der Waals surface area contributed by atoms with Gasteiger partial charge in [-0.2, -0.15) is 0 Å². The van der Waals surface area contributed by atoms with Crippen molar-refractivity contribution in [3.8, 4) is 0 Å². The Balaban J connectivity index is 2.52. The molecule has 5 heteroatoms. The van der Waals surface area contributed by atoms with Crippen molar-refractivity contribution in [3.63, 3.8) is 0 Å². The minimum Gasteiger partial charge on any atom is -0.382 e. The summed E-state index contributed by atoms with van der Waals surface area (Å²) in [5, 5.41) is 8.93. The van der Waals surface area contributed by atoms with Crippen molar-refractivity contribution in [2.75, 3.05) is 5.32 Å². The van der Waals surface area contributed by atoms with Crippen LogP contribution >= 0.6 is 0 Å². The van der Waals surface area contributed by atoms with E-state index in [9.17, 15) is 9.59 Å². The fourth-order valence-corrected chi connectivity index (χ4v) is 2.30. The predicted octanol–water partition coefficient (Wildman–Crippen LogP) is 2.21. The second-order valence-corrected chi connectivity index (χ2v) is 4.67. The van der Waals surface area contributed by atoms with E-state index in [2.05, 4.69) is 29.4 Å². The Morgan fingerprint density at radius 2 is 1.89 bits per heavy atom. The Morgan fingerprint density at radius 1 is 1.16 bits per heavy atom. The predicted molar refractivity (Wildman–Crippen MR) is 77.8 cm³/mol. The van der Waals surface area contributed by atoms with E-state index in [1.165, 1.54) is 0 Å².